The first-order chi connectivity index (χ1) is 10.2. The minimum atomic E-state index is 0.598. The normalized spacial score (nSPS) is 23.3. The number of rotatable bonds is 8. The Bertz CT molecular complexity index is 444. The van der Waals surface area contributed by atoms with Gasteiger partial charge in [0.15, 0.2) is 0 Å². The van der Waals surface area contributed by atoms with E-state index in [1.165, 1.54) is 25.8 Å². The van der Waals surface area contributed by atoms with E-state index in [-0.39, 0.29) is 0 Å². The number of likely N-dealkylation sites (tertiary alicyclic amines) is 1. The fourth-order valence-electron chi connectivity index (χ4n) is 2.92. The Morgan fingerprint density at radius 1 is 1.43 bits per heavy atom. The van der Waals surface area contributed by atoms with Crippen molar-refractivity contribution in [2.75, 3.05) is 39.9 Å². The molecule has 0 spiro atoms. The maximum absolute atomic E-state index is 5.73. The number of hydrogen-bond acceptors (Lipinski definition) is 5. The first-order valence-electron chi connectivity index (χ1n) is 8.12. The van der Waals surface area contributed by atoms with Gasteiger partial charge in [-0.25, -0.2) is 4.98 Å². The maximum Gasteiger partial charge on any atom is 0.208 e. The van der Waals surface area contributed by atoms with E-state index in [1.54, 1.807) is 6.20 Å². The minimum absolute atomic E-state index is 0.598. The van der Waals surface area contributed by atoms with E-state index >= 15 is 0 Å². The van der Waals surface area contributed by atoms with Crippen LogP contribution in [0.5, 0.6) is 0 Å². The highest BCUT2D eigenvalue weighted by Gasteiger charge is 2.26. The van der Waals surface area contributed by atoms with Gasteiger partial charge in [-0.3, -0.25) is 9.80 Å². The van der Waals surface area contributed by atoms with Gasteiger partial charge in [0.25, 0.3) is 0 Å². The van der Waals surface area contributed by atoms with Crippen LogP contribution in [0.3, 0.4) is 0 Å². The van der Waals surface area contributed by atoms with Crippen molar-refractivity contribution in [2.24, 2.45) is 5.92 Å². The molecule has 1 aliphatic carbocycles. The lowest BCUT2D eigenvalue weighted by molar-refractivity contribution is 0.0999. The molecule has 118 valence electrons. The van der Waals surface area contributed by atoms with Crippen LogP contribution >= 0.6 is 0 Å². The van der Waals surface area contributed by atoms with Crippen LogP contribution < -0.4 is 0 Å². The molecule has 0 N–H and O–H groups in total. The molecule has 21 heavy (non-hydrogen) atoms. The number of hydrogen-bond donors (Lipinski definition) is 0. The molecule has 1 saturated carbocycles. The van der Waals surface area contributed by atoms with Crippen LogP contribution in [0, 0.1) is 12.8 Å². The van der Waals surface area contributed by atoms with Gasteiger partial charge in [-0.05, 0) is 45.7 Å². The summed E-state index contributed by atoms with van der Waals surface area (Å²) in [6.45, 7) is 7.96. The van der Waals surface area contributed by atoms with Crippen molar-refractivity contribution in [3.05, 3.63) is 17.8 Å². The molecule has 1 aromatic heterocycles. The molecular formula is C16H27N3O2. The van der Waals surface area contributed by atoms with Crippen molar-refractivity contribution in [2.45, 2.75) is 38.8 Å². The molecule has 2 aliphatic rings. The van der Waals surface area contributed by atoms with E-state index in [0.717, 1.165) is 50.4 Å². The van der Waals surface area contributed by atoms with E-state index in [0.29, 0.717) is 6.04 Å². The molecule has 1 aromatic rings. The summed E-state index contributed by atoms with van der Waals surface area (Å²) in [5.41, 5.74) is 0. The zero-order valence-electron chi connectivity index (χ0n) is 13.3. The van der Waals surface area contributed by atoms with E-state index in [4.69, 9.17) is 9.15 Å². The van der Waals surface area contributed by atoms with Crippen LogP contribution in [0.15, 0.2) is 10.6 Å². The van der Waals surface area contributed by atoms with Gasteiger partial charge in [0.05, 0.1) is 19.3 Å². The van der Waals surface area contributed by atoms with Crippen LogP contribution in [0.1, 0.15) is 30.9 Å². The molecule has 1 saturated heterocycles. The summed E-state index contributed by atoms with van der Waals surface area (Å²) < 4.78 is 11.3. The summed E-state index contributed by atoms with van der Waals surface area (Å²) in [5.74, 6) is 2.58. The van der Waals surface area contributed by atoms with E-state index < -0.39 is 0 Å². The monoisotopic (exact) mass is 293 g/mol. The minimum Gasteiger partial charge on any atom is -0.445 e. The summed E-state index contributed by atoms with van der Waals surface area (Å²) in [6, 6.07) is 0.598. The third-order valence-electron chi connectivity index (χ3n) is 4.53. The summed E-state index contributed by atoms with van der Waals surface area (Å²) >= 11 is 0. The molecule has 0 aromatic carbocycles. The fourth-order valence-corrected chi connectivity index (χ4v) is 2.92. The van der Waals surface area contributed by atoms with Gasteiger partial charge in [-0.1, -0.05) is 0 Å². The highest BCUT2D eigenvalue weighted by molar-refractivity contribution is 4.92. The Hall–Kier alpha value is -0.910. The topological polar surface area (TPSA) is 41.7 Å². The second kappa shape index (κ2) is 6.90. The number of ether oxygens (including phenoxy) is 1. The van der Waals surface area contributed by atoms with Crippen molar-refractivity contribution >= 4 is 0 Å². The molecule has 5 nitrogen and oxygen atoms in total. The Balaban J connectivity index is 1.34. The average molecular weight is 293 g/mol. The molecule has 1 aliphatic heterocycles. The van der Waals surface area contributed by atoms with Gasteiger partial charge in [0, 0.05) is 25.7 Å². The van der Waals surface area contributed by atoms with Crippen LogP contribution in [-0.2, 0) is 11.3 Å². The van der Waals surface area contributed by atoms with E-state index in [1.807, 2.05) is 6.92 Å². The third kappa shape index (κ3) is 4.53. The number of nitrogens with zero attached hydrogens (tertiary/aromatic N) is 3. The molecule has 0 radical (unpaired) electrons. The molecule has 2 fully saturated rings. The van der Waals surface area contributed by atoms with Gasteiger partial charge in [0.1, 0.15) is 5.76 Å². The maximum atomic E-state index is 5.73. The smallest absolute Gasteiger partial charge is 0.208 e. The van der Waals surface area contributed by atoms with Gasteiger partial charge >= 0.3 is 0 Å². The highest BCUT2D eigenvalue weighted by atomic mass is 16.5. The van der Waals surface area contributed by atoms with Gasteiger partial charge in [-0.2, -0.15) is 0 Å². The Morgan fingerprint density at radius 2 is 2.29 bits per heavy atom. The first kappa shape index (κ1) is 15.0. The molecule has 2 heterocycles. The predicted molar refractivity (Wildman–Crippen MR) is 81.1 cm³/mol. The van der Waals surface area contributed by atoms with Gasteiger partial charge in [0.2, 0.25) is 5.89 Å². The van der Waals surface area contributed by atoms with Crippen molar-refractivity contribution in [1.82, 2.24) is 14.8 Å². The molecule has 0 amide bonds. The summed E-state index contributed by atoms with van der Waals surface area (Å²) in [4.78, 5) is 9.15. The second-order valence-corrected chi connectivity index (χ2v) is 6.54. The lowest BCUT2D eigenvalue weighted by atomic mass is 10.2. The lowest BCUT2D eigenvalue weighted by Gasteiger charge is -2.23. The average Bonchev–Trinajstić information content (AvgIpc) is 3.00. The predicted octanol–water partition coefficient (Wildman–Crippen LogP) is 1.92. The lowest BCUT2D eigenvalue weighted by Crippen LogP contribution is -2.35. The van der Waals surface area contributed by atoms with Crippen molar-refractivity contribution in [3.8, 4) is 0 Å². The molecule has 5 heteroatoms. The third-order valence-corrected chi connectivity index (χ3v) is 4.53. The van der Waals surface area contributed by atoms with Crippen molar-refractivity contribution < 1.29 is 9.15 Å². The summed E-state index contributed by atoms with van der Waals surface area (Å²) in [5, 5.41) is 0. The second-order valence-electron chi connectivity index (χ2n) is 6.54. The zero-order chi connectivity index (χ0) is 14.7. The largest absolute Gasteiger partial charge is 0.445 e. The number of aromatic nitrogens is 1. The molecule has 3 rings (SSSR count). The number of oxazole rings is 1. The standard InChI is InChI=1S/C16H27N3O2/c1-13-9-17-16(21-13)11-18(2)15-5-6-19(10-15)7-8-20-12-14-3-4-14/h9,14-15H,3-8,10-12H2,1-2H3. The van der Waals surface area contributed by atoms with Gasteiger partial charge < -0.3 is 9.15 Å². The van der Waals surface area contributed by atoms with Crippen LogP contribution in [0.25, 0.3) is 0 Å². The van der Waals surface area contributed by atoms with Crippen molar-refractivity contribution in [1.29, 1.82) is 0 Å². The quantitative estimate of drug-likeness (QED) is 0.685. The fraction of sp³-hybridized carbons (Fsp3) is 0.812. The molecule has 1 atom stereocenters. The van der Waals surface area contributed by atoms with Crippen molar-refractivity contribution in [3.63, 3.8) is 0 Å². The van der Waals surface area contributed by atoms with E-state index in [9.17, 15) is 0 Å². The van der Waals surface area contributed by atoms with Crippen LogP contribution in [-0.4, -0.2) is 60.7 Å². The van der Waals surface area contributed by atoms with Gasteiger partial charge in [-0.15, -0.1) is 0 Å². The number of aryl methyl sites for hydroxylation is 1. The Morgan fingerprint density at radius 3 is 3.00 bits per heavy atom. The summed E-state index contributed by atoms with van der Waals surface area (Å²) in [7, 11) is 2.16. The van der Waals surface area contributed by atoms with Crippen LogP contribution in [0.4, 0.5) is 0 Å². The molecule has 1 unspecified atom stereocenters. The Kier molecular flexibility index (Phi) is 4.93. The number of likely N-dealkylation sites (N-methyl/N-ethyl adjacent to an activating group) is 1. The first-order valence-corrected chi connectivity index (χ1v) is 8.12. The SMILES string of the molecule is Cc1cnc(CN(C)C2CCN(CCOCC3CC3)C2)o1. The molecule has 0 bridgehead atoms. The Labute approximate surface area is 127 Å². The highest BCUT2D eigenvalue weighted by Crippen LogP contribution is 2.28. The molecular weight excluding hydrogens is 266 g/mol. The van der Waals surface area contributed by atoms with E-state index in [2.05, 4.69) is 21.8 Å². The van der Waals surface area contributed by atoms with Crippen LogP contribution in [0.2, 0.25) is 0 Å². The summed E-state index contributed by atoms with van der Waals surface area (Å²) in [6.07, 6.45) is 5.76. The zero-order valence-corrected chi connectivity index (χ0v) is 13.3.